The molecule has 0 saturated carbocycles. The fourth-order valence-corrected chi connectivity index (χ4v) is 3.16. The van der Waals surface area contributed by atoms with Gasteiger partial charge in [0.1, 0.15) is 0 Å². The number of methoxy groups -OCH3 is 1. The molecule has 0 saturated heterocycles. The topological polar surface area (TPSA) is 55.7 Å². The minimum Gasteiger partial charge on any atom is -0.466 e. The van der Waals surface area contributed by atoms with E-state index in [4.69, 9.17) is 0 Å². The summed E-state index contributed by atoms with van der Waals surface area (Å²) in [5.41, 5.74) is 1.28. The van der Waals surface area contributed by atoms with Gasteiger partial charge in [0.25, 0.3) is 0 Å². The first-order chi connectivity index (χ1) is 10.5. The summed E-state index contributed by atoms with van der Waals surface area (Å²) in [6.07, 6.45) is 4.52. The van der Waals surface area contributed by atoms with Crippen LogP contribution in [0.25, 0.3) is 6.08 Å². The van der Waals surface area contributed by atoms with Crippen molar-refractivity contribution in [1.82, 2.24) is 0 Å². The molecular formula is C17H17NO3S. The van der Waals surface area contributed by atoms with Crippen molar-refractivity contribution in [3.8, 4) is 0 Å². The van der Waals surface area contributed by atoms with Crippen LogP contribution in [-0.2, 0) is 19.3 Å². The van der Waals surface area contributed by atoms with Crippen molar-refractivity contribution >= 4 is 27.5 Å². The van der Waals surface area contributed by atoms with Crippen molar-refractivity contribution < 1.29 is 13.7 Å². The van der Waals surface area contributed by atoms with Gasteiger partial charge in [-0.25, -0.2) is 9.00 Å². The fraction of sp³-hybridized carbons (Fsp3) is 0.118. The molecule has 5 heteroatoms. The van der Waals surface area contributed by atoms with Crippen molar-refractivity contribution in [3.05, 3.63) is 66.2 Å². The minimum absolute atomic E-state index is 0.449. The van der Waals surface area contributed by atoms with Gasteiger partial charge in [-0.2, -0.15) is 4.36 Å². The predicted octanol–water partition coefficient (Wildman–Crippen LogP) is 3.66. The van der Waals surface area contributed by atoms with E-state index < -0.39 is 15.7 Å². The highest BCUT2D eigenvalue weighted by atomic mass is 32.2. The van der Waals surface area contributed by atoms with E-state index in [-0.39, 0.29) is 0 Å². The molecule has 0 N–H and O–H groups in total. The quantitative estimate of drug-likeness (QED) is 0.639. The molecule has 1 unspecified atom stereocenters. The van der Waals surface area contributed by atoms with E-state index in [0.717, 1.165) is 0 Å². The van der Waals surface area contributed by atoms with Crippen molar-refractivity contribution in [3.63, 3.8) is 0 Å². The van der Waals surface area contributed by atoms with Crippen molar-refractivity contribution in [2.75, 3.05) is 13.4 Å². The molecule has 4 nitrogen and oxygen atoms in total. The Balaban J connectivity index is 2.46. The van der Waals surface area contributed by atoms with Crippen LogP contribution in [0, 0.1) is 0 Å². The van der Waals surface area contributed by atoms with Gasteiger partial charge in [0.15, 0.2) is 0 Å². The Bertz CT molecular complexity index is 804. The Morgan fingerprint density at radius 1 is 1.09 bits per heavy atom. The van der Waals surface area contributed by atoms with E-state index in [1.165, 1.54) is 13.2 Å². The Kier molecular flexibility index (Phi) is 5.12. The number of carbonyl (C=O) groups excluding carboxylic acids is 1. The van der Waals surface area contributed by atoms with Crippen molar-refractivity contribution in [2.45, 2.75) is 4.90 Å². The summed E-state index contributed by atoms with van der Waals surface area (Å²) >= 11 is 0. The highest BCUT2D eigenvalue weighted by Crippen LogP contribution is 2.24. The largest absolute Gasteiger partial charge is 0.466 e. The molecule has 0 amide bonds. The molecule has 2 aromatic carbocycles. The van der Waals surface area contributed by atoms with Crippen LogP contribution in [0.15, 0.2) is 69.9 Å². The average Bonchev–Trinajstić information content (AvgIpc) is 2.54. The Labute approximate surface area is 130 Å². The standard InChI is InChI=1S/C17H17NO3S/c1-21-17(19)13-12-14-8-6-7-11-16(14)18-22(2,20)15-9-4-3-5-10-15/h3-13H,1-2H3/b13-12+. The van der Waals surface area contributed by atoms with Crippen molar-refractivity contribution in [1.29, 1.82) is 0 Å². The van der Waals surface area contributed by atoms with Crippen LogP contribution in [0.1, 0.15) is 5.56 Å². The first-order valence-electron chi connectivity index (χ1n) is 6.65. The van der Waals surface area contributed by atoms with Crippen LogP contribution in [0.3, 0.4) is 0 Å². The monoisotopic (exact) mass is 315 g/mol. The van der Waals surface area contributed by atoms with Crippen LogP contribution in [0.4, 0.5) is 5.69 Å². The second-order valence-corrected chi connectivity index (χ2v) is 6.88. The number of ether oxygens (including phenoxy) is 1. The maximum Gasteiger partial charge on any atom is 0.330 e. The van der Waals surface area contributed by atoms with Crippen LogP contribution in [-0.4, -0.2) is 23.5 Å². The maximum absolute atomic E-state index is 12.8. The number of hydrogen-bond donors (Lipinski definition) is 0. The predicted molar refractivity (Wildman–Crippen MR) is 88.4 cm³/mol. The molecule has 2 aromatic rings. The number of esters is 1. The van der Waals surface area contributed by atoms with Gasteiger partial charge in [0, 0.05) is 22.8 Å². The van der Waals surface area contributed by atoms with Gasteiger partial charge in [-0.1, -0.05) is 36.4 Å². The lowest BCUT2D eigenvalue weighted by Gasteiger charge is -2.06. The summed E-state index contributed by atoms with van der Waals surface area (Å²) in [5, 5.41) is 0. The smallest absolute Gasteiger partial charge is 0.330 e. The zero-order valence-corrected chi connectivity index (χ0v) is 13.2. The lowest BCUT2D eigenvalue weighted by molar-refractivity contribution is -0.134. The number of nitrogens with zero attached hydrogens (tertiary/aromatic N) is 1. The number of hydrogen-bond acceptors (Lipinski definition) is 4. The zero-order chi connectivity index (χ0) is 16.0. The molecule has 2 rings (SSSR count). The molecule has 0 aliphatic heterocycles. The van der Waals surface area contributed by atoms with Gasteiger partial charge in [-0.3, -0.25) is 0 Å². The second kappa shape index (κ2) is 7.04. The van der Waals surface area contributed by atoms with Gasteiger partial charge in [-0.05, 0) is 24.3 Å². The molecule has 0 spiro atoms. The summed E-state index contributed by atoms with van der Waals surface area (Å²) in [5.74, 6) is -0.449. The molecule has 0 fully saturated rings. The van der Waals surface area contributed by atoms with Crippen LogP contribution in [0.2, 0.25) is 0 Å². The summed E-state index contributed by atoms with van der Waals surface area (Å²) < 4.78 is 21.8. The molecule has 1 atom stereocenters. The van der Waals surface area contributed by atoms with E-state index in [1.807, 2.05) is 30.3 Å². The summed E-state index contributed by atoms with van der Waals surface area (Å²) in [6, 6.07) is 16.3. The molecule has 0 bridgehead atoms. The highest BCUT2D eigenvalue weighted by molar-refractivity contribution is 7.93. The molecular weight excluding hydrogens is 298 g/mol. The van der Waals surface area contributed by atoms with E-state index in [9.17, 15) is 9.00 Å². The maximum atomic E-state index is 12.8. The van der Waals surface area contributed by atoms with Gasteiger partial charge in [-0.15, -0.1) is 0 Å². The summed E-state index contributed by atoms with van der Waals surface area (Å²) in [4.78, 5) is 11.9. The van der Waals surface area contributed by atoms with E-state index in [1.54, 1.807) is 36.6 Å². The number of carbonyl (C=O) groups is 1. The first kappa shape index (κ1) is 16.0. The lowest BCUT2D eigenvalue weighted by Crippen LogP contribution is -1.97. The van der Waals surface area contributed by atoms with Gasteiger partial charge >= 0.3 is 5.97 Å². The zero-order valence-electron chi connectivity index (χ0n) is 12.4. The van der Waals surface area contributed by atoms with E-state index in [0.29, 0.717) is 16.1 Å². The summed E-state index contributed by atoms with van der Waals surface area (Å²) in [6.45, 7) is 0. The van der Waals surface area contributed by atoms with E-state index >= 15 is 0 Å². The average molecular weight is 315 g/mol. The van der Waals surface area contributed by atoms with Crippen LogP contribution < -0.4 is 0 Å². The Hall–Kier alpha value is -2.40. The summed E-state index contributed by atoms with van der Waals surface area (Å²) in [7, 11) is -1.24. The third-order valence-electron chi connectivity index (χ3n) is 2.99. The first-order valence-corrected chi connectivity index (χ1v) is 8.57. The SMILES string of the molecule is COC(=O)/C=C/c1ccccc1N=S(C)(=O)c1ccccc1. The molecule has 0 aliphatic rings. The fourth-order valence-electron chi connectivity index (χ4n) is 1.85. The third kappa shape index (κ3) is 4.05. The second-order valence-electron chi connectivity index (χ2n) is 4.62. The van der Waals surface area contributed by atoms with Crippen LogP contribution in [0.5, 0.6) is 0 Å². The molecule has 0 aromatic heterocycles. The van der Waals surface area contributed by atoms with E-state index in [2.05, 4.69) is 9.10 Å². The van der Waals surface area contributed by atoms with Gasteiger partial charge in [0.05, 0.1) is 22.5 Å². The van der Waals surface area contributed by atoms with Crippen LogP contribution >= 0.6 is 0 Å². The molecule has 0 aliphatic carbocycles. The molecule has 0 radical (unpaired) electrons. The third-order valence-corrected chi connectivity index (χ3v) is 4.68. The Morgan fingerprint density at radius 2 is 1.73 bits per heavy atom. The number of benzene rings is 2. The van der Waals surface area contributed by atoms with Gasteiger partial charge in [0.2, 0.25) is 0 Å². The highest BCUT2D eigenvalue weighted by Gasteiger charge is 2.07. The van der Waals surface area contributed by atoms with Gasteiger partial charge < -0.3 is 4.74 Å². The normalized spacial score (nSPS) is 13.5. The molecule has 114 valence electrons. The van der Waals surface area contributed by atoms with Crippen molar-refractivity contribution in [2.24, 2.45) is 4.36 Å². The Morgan fingerprint density at radius 3 is 2.41 bits per heavy atom. The molecule has 0 heterocycles. The lowest BCUT2D eigenvalue weighted by atomic mass is 10.2. The molecule has 22 heavy (non-hydrogen) atoms. The number of rotatable bonds is 4. The minimum atomic E-state index is -2.56.